The van der Waals surface area contributed by atoms with E-state index in [1.165, 1.54) is 0 Å². The molecular weight excluding hydrogens is 444 g/mol. The van der Waals surface area contributed by atoms with E-state index in [2.05, 4.69) is 21.4 Å². The van der Waals surface area contributed by atoms with E-state index in [1.807, 2.05) is 30.9 Å². The molecule has 0 amide bonds. The maximum absolute atomic E-state index is 10.9. The Morgan fingerprint density at radius 3 is 2.85 bits per heavy atom. The van der Waals surface area contributed by atoms with E-state index in [9.17, 15) is 10.1 Å². The van der Waals surface area contributed by atoms with E-state index in [-0.39, 0.29) is 23.2 Å². The molecule has 0 saturated carbocycles. The molecule has 1 N–H and O–H groups in total. The van der Waals surface area contributed by atoms with Crippen LogP contribution in [0.5, 0.6) is 5.88 Å². The first kappa shape index (κ1) is 22.7. The zero-order chi connectivity index (χ0) is 23.5. The predicted molar refractivity (Wildman–Crippen MR) is 125 cm³/mol. The second-order valence-corrected chi connectivity index (χ2v) is 8.28. The average molecular weight is 467 g/mol. The molecule has 9 nitrogen and oxygen atoms in total. The maximum Gasteiger partial charge on any atom is 0.299 e. The molecule has 2 aromatic heterocycles. The van der Waals surface area contributed by atoms with Gasteiger partial charge in [-0.1, -0.05) is 17.7 Å². The Morgan fingerprint density at radius 1 is 1.33 bits per heavy atom. The fourth-order valence-corrected chi connectivity index (χ4v) is 4.18. The summed E-state index contributed by atoms with van der Waals surface area (Å²) in [6.07, 6.45) is 0.962. The summed E-state index contributed by atoms with van der Waals surface area (Å²) in [5, 5.41) is 13.3. The highest BCUT2D eigenvalue weighted by Gasteiger charge is 2.27. The number of aromatic nitrogens is 3. The van der Waals surface area contributed by atoms with Crippen molar-refractivity contribution >= 4 is 40.6 Å². The van der Waals surface area contributed by atoms with Gasteiger partial charge >= 0.3 is 0 Å². The van der Waals surface area contributed by atoms with Gasteiger partial charge in [-0.25, -0.2) is 9.97 Å². The molecule has 1 aliphatic rings. The van der Waals surface area contributed by atoms with Crippen LogP contribution >= 0.6 is 11.6 Å². The Hall–Kier alpha value is -3.48. The summed E-state index contributed by atoms with van der Waals surface area (Å²) in [4.78, 5) is 26.5. The molecule has 4 rings (SSSR count). The molecule has 3 heterocycles. The highest BCUT2D eigenvalue weighted by atomic mass is 35.5. The van der Waals surface area contributed by atoms with Gasteiger partial charge in [0.25, 0.3) is 6.47 Å². The van der Waals surface area contributed by atoms with Crippen molar-refractivity contribution in [2.45, 2.75) is 32.4 Å². The maximum atomic E-state index is 10.9. The monoisotopic (exact) mass is 466 g/mol. The SMILES string of the molecule is CO[C@H]1CCN(c2nc3c([C@@H](C)Nc4ccc(Cl)nc4OC=O)cc(C)cc3nc2C#N)C1. The average Bonchev–Trinajstić information content (AvgIpc) is 3.28. The molecule has 170 valence electrons. The lowest BCUT2D eigenvalue weighted by Crippen LogP contribution is -2.24. The molecule has 10 heteroatoms. The van der Waals surface area contributed by atoms with E-state index in [0.29, 0.717) is 41.2 Å². The van der Waals surface area contributed by atoms with Crippen molar-refractivity contribution in [2.75, 3.05) is 30.4 Å². The van der Waals surface area contributed by atoms with Gasteiger partial charge in [0, 0.05) is 25.8 Å². The Balaban J connectivity index is 1.77. The summed E-state index contributed by atoms with van der Waals surface area (Å²) < 4.78 is 10.5. The van der Waals surface area contributed by atoms with Crippen molar-refractivity contribution in [3.05, 3.63) is 46.2 Å². The van der Waals surface area contributed by atoms with Gasteiger partial charge in [-0.2, -0.15) is 10.2 Å². The van der Waals surface area contributed by atoms with Gasteiger partial charge in [0.2, 0.25) is 5.88 Å². The number of pyridine rings is 1. The quantitative estimate of drug-likeness (QED) is 0.410. The van der Waals surface area contributed by atoms with Crippen LogP contribution in [0, 0.1) is 18.3 Å². The molecule has 1 saturated heterocycles. The molecule has 0 spiro atoms. The summed E-state index contributed by atoms with van der Waals surface area (Å²) >= 11 is 5.94. The van der Waals surface area contributed by atoms with Gasteiger partial charge in [-0.3, -0.25) is 4.79 Å². The molecule has 0 bridgehead atoms. The number of anilines is 2. The number of carbonyl (C=O) groups excluding carboxylic acids is 1. The number of methoxy groups -OCH3 is 1. The molecule has 1 fully saturated rings. The minimum atomic E-state index is -0.246. The van der Waals surface area contributed by atoms with Crippen molar-refractivity contribution in [3.8, 4) is 11.9 Å². The zero-order valence-electron chi connectivity index (χ0n) is 18.5. The van der Waals surface area contributed by atoms with Gasteiger partial charge in [-0.15, -0.1) is 0 Å². The van der Waals surface area contributed by atoms with Crippen molar-refractivity contribution in [1.82, 2.24) is 15.0 Å². The number of nitrogens with zero attached hydrogens (tertiary/aromatic N) is 5. The lowest BCUT2D eigenvalue weighted by Gasteiger charge is -2.22. The second kappa shape index (κ2) is 9.57. The van der Waals surface area contributed by atoms with Gasteiger partial charge in [0.1, 0.15) is 11.2 Å². The highest BCUT2D eigenvalue weighted by molar-refractivity contribution is 6.29. The third kappa shape index (κ3) is 4.67. The first-order valence-corrected chi connectivity index (χ1v) is 10.8. The summed E-state index contributed by atoms with van der Waals surface area (Å²) in [7, 11) is 1.69. The van der Waals surface area contributed by atoms with Gasteiger partial charge in [0.05, 0.1) is 28.9 Å². The van der Waals surface area contributed by atoms with Crippen molar-refractivity contribution in [3.63, 3.8) is 0 Å². The molecule has 0 aliphatic carbocycles. The summed E-state index contributed by atoms with van der Waals surface area (Å²) in [6, 6.07) is 9.19. The fraction of sp³-hybridized carbons (Fsp3) is 0.348. The standard InChI is InChI=1S/C23H23ClN6O3/c1-13-8-16(14(2)26-17-4-5-20(24)28-23(17)33-12-31)21-18(9-13)27-19(10-25)22(29-21)30-7-6-15(11-30)32-3/h4-5,8-9,12,14-15,26H,6-7,11H2,1-3H3/t14-,15+/m1/s1. The lowest BCUT2D eigenvalue weighted by atomic mass is 10.0. The number of ether oxygens (including phenoxy) is 2. The van der Waals surface area contributed by atoms with Crippen LogP contribution in [0.25, 0.3) is 11.0 Å². The van der Waals surface area contributed by atoms with Crippen LogP contribution in [0.2, 0.25) is 5.15 Å². The lowest BCUT2D eigenvalue weighted by molar-refractivity contribution is -0.120. The number of hydrogen-bond acceptors (Lipinski definition) is 9. The molecule has 0 unspecified atom stereocenters. The summed E-state index contributed by atoms with van der Waals surface area (Å²) in [5.74, 6) is 0.641. The van der Waals surface area contributed by atoms with Crippen LogP contribution in [0.1, 0.15) is 36.2 Å². The third-order valence-electron chi connectivity index (χ3n) is 5.63. The number of nitrogens with one attached hydrogen (secondary N) is 1. The van der Waals surface area contributed by atoms with Gasteiger partial charge in [-0.05, 0) is 44.0 Å². The Morgan fingerprint density at radius 2 is 2.15 bits per heavy atom. The molecule has 1 aromatic carbocycles. The molecule has 2 atom stereocenters. The topological polar surface area (TPSA) is 113 Å². The number of hydrogen-bond donors (Lipinski definition) is 1. The molecule has 0 radical (unpaired) electrons. The zero-order valence-corrected chi connectivity index (χ0v) is 19.3. The van der Waals surface area contributed by atoms with E-state index >= 15 is 0 Å². The number of benzene rings is 1. The Bertz CT molecular complexity index is 1250. The first-order chi connectivity index (χ1) is 15.9. The predicted octanol–water partition coefficient (Wildman–Crippen LogP) is 3.79. The van der Waals surface area contributed by atoms with Crippen molar-refractivity contribution < 1.29 is 14.3 Å². The second-order valence-electron chi connectivity index (χ2n) is 7.89. The number of halogens is 1. The number of aryl methyl sites for hydroxylation is 1. The minimum absolute atomic E-state index is 0.0857. The van der Waals surface area contributed by atoms with Crippen LogP contribution < -0.4 is 15.0 Å². The number of rotatable bonds is 7. The largest absolute Gasteiger partial charge is 0.407 e. The highest BCUT2D eigenvalue weighted by Crippen LogP contribution is 2.33. The van der Waals surface area contributed by atoms with Gasteiger partial charge in [0.15, 0.2) is 11.5 Å². The van der Waals surface area contributed by atoms with Crippen LogP contribution in [0.15, 0.2) is 24.3 Å². The van der Waals surface area contributed by atoms with Crippen molar-refractivity contribution in [2.24, 2.45) is 0 Å². The fourth-order valence-electron chi connectivity index (χ4n) is 4.04. The molecular formula is C23H23ClN6O3. The van der Waals surface area contributed by atoms with E-state index < -0.39 is 0 Å². The Kier molecular flexibility index (Phi) is 6.58. The number of fused-ring (bicyclic) bond motifs is 1. The summed E-state index contributed by atoms with van der Waals surface area (Å²) in [6.45, 7) is 5.63. The van der Waals surface area contributed by atoms with Crippen LogP contribution in [0.4, 0.5) is 11.5 Å². The van der Waals surface area contributed by atoms with E-state index in [0.717, 1.165) is 24.1 Å². The molecule has 3 aromatic rings. The van der Waals surface area contributed by atoms with E-state index in [1.54, 1.807) is 19.2 Å². The Labute approximate surface area is 196 Å². The smallest absolute Gasteiger partial charge is 0.299 e. The normalized spacial score (nSPS) is 16.5. The van der Waals surface area contributed by atoms with Crippen molar-refractivity contribution in [1.29, 1.82) is 5.26 Å². The van der Waals surface area contributed by atoms with Gasteiger partial charge < -0.3 is 19.7 Å². The van der Waals surface area contributed by atoms with Crippen LogP contribution in [-0.4, -0.2) is 47.7 Å². The van der Waals surface area contributed by atoms with Crippen LogP contribution in [-0.2, 0) is 9.53 Å². The van der Waals surface area contributed by atoms with Crippen LogP contribution in [0.3, 0.4) is 0 Å². The number of carbonyl (C=O) groups is 1. The third-order valence-corrected chi connectivity index (χ3v) is 5.84. The molecule has 1 aliphatic heterocycles. The molecule has 33 heavy (non-hydrogen) atoms. The van der Waals surface area contributed by atoms with E-state index in [4.69, 9.17) is 26.1 Å². The number of nitriles is 1. The minimum Gasteiger partial charge on any atom is -0.407 e. The summed E-state index contributed by atoms with van der Waals surface area (Å²) in [5.41, 5.74) is 4.00. The first-order valence-electron chi connectivity index (χ1n) is 10.5.